The van der Waals surface area contributed by atoms with Crippen molar-refractivity contribution in [2.24, 2.45) is 0 Å². The molecule has 0 aliphatic heterocycles. The van der Waals surface area contributed by atoms with Gasteiger partial charge in [-0.25, -0.2) is 9.78 Å². The Labute approximate surface area is 71.1 Å². The first-order chi connectivity index (χ1) is 6.20. The minimum Gasteiger partial charge on any atom is -0.421 e. The van der Waals surface area contributed by atoms with Gasteiger partial charge in [0.1, 0.15) is 5.65 Å². The van der Waals surface area contributed by atoms with Gasteiger partial charge in [-0.1, -0.05) is 4.73 Å². The van der Waals surface area contributed by atoms with Crippen LogP contribution in [0.1, 0.15) is 0 Å². The molecule has 0 unspecified atom stereocenters. The van der Waals surface area contributed by atoms with Crippen LogP contribution >= 0.6 is 0 Å². The average molecular weight is 179 g/mol. The van der Waals surface area contributed by atoms with E-state index in [-0.39, 0.29) is 15.8 Å². The van der Waals surface area contributed by atoms with E-state index in [9.17, 15) is 9.59 Å². The van der Waals surface area contributed by atoms with Crippen LogP contribution in [0.15, 0.2) is 27.9 Å². The highest BCUT2D eigenvalue weighted by Gasteiger charge is 2.04. The van der Waals surface area contributed by atoms with E-state index in [1.807, 2.05) is 0 Å². The second kappa shape index (κ2) is 2.44. The Morgan fingerprint density at radius 1 is 1.46 bits per heavy atom. The van der Waals surface area contributed by atoms with Gasteiger partial charge in [-0.15, -0.1) is 0 Å². The van der Waals surface area contributed by atoms with Gasteiger partial charge < -0.3 is 5.21 Å². The predicted molar refractivity (Wildman–Crippen MR) is 43.8 cm³/mol. The quantitative estimate of drug-likeness (QED) is 0.524. The molecule has 0 radical (unpaired) electrons. The molecule has 0 bridgehead atoms. The second-order valence-corrected chi connectivity index (χ2v) is 2.45. The summed E-state index contributed by atoms with van der Waals surface area (Å²) in [5, 5.41) is 9.11. The molecular formula is C7H5N3O3. The van der Waals surface area contributed by atoms with Crippen LogP contribution in [0.25, 0.3) is 11.0 Å². The summed E-state index contributed by atoms with van der Waals surface area (Å²) in [6, 6.07) is 3.01. The van der Waals surface area contributed by atoms with E-state index in [1.54, 1.807) is 6.07 Å². The fourth-order valence-corrected chi connectivity index (χ4v) is 1.04. The first-order valence-electron chi connectivity index (χ1n) is 3.49. The zero-order valence-corrected chi connectivity index (χ0v) is 6.39. The topological polar surface area (TPSA) is 88.0 Å². The number of aromatic amines is 1. The van der Waals surface area contributed by atoms with E-state index in [0.717, 1.165) is 0 Å². The molecule has 2 aromatic heterocycles. The molecule has 0 saturated heterocycles. The van der Waals surface area contributed by atoms with Crippen molar-refractivity contribution in [2.45, 2.75) is 0 Å². The number of rotatable bonds is 0. The van der Waals surface area contributed by atoms with Crippen LogP contribution in [-0.2, 0) is 0 Å². The third-order valence-electron chi connectivity index (χ3n) is 1.65. The summed E-state index contributed by atoms with van der Waals surface area (Å²) in [6.45, 7) is 0. The Bertz CT molecular complexity index is 569. The van der Waals surface area contributed by atoms with E-state index >= 15 is 0 Å². The van der Waals surface area contributed by atoms with Crippen molar-refractivity contribution in [3.63, 3.8) is 0 Å². The van der Waals surface area contributed by atoms with E-state index in [0.29, 0.717) is 0 Å². The highest BCUT2D eigenvalue weighted by Crippen LogP contribution is 1.97. The molecule has 0 aromatic carbocycles. The third-order valence-corrected chi connectivity index (χ3v) is 1.65. The summed E-state index contributed by atoms with van der Waals surface area (Å²) < 4.78 is 0.0179. The largest absolute Gasteiger partial charge is 0.421 e. The second-order valence-electron chi connectivity index (χ2n) is 2.45. The van der Waals surface area contributed by atoms with Crippen LogP contribution in [0, 0.1) is 0 Å². The smallest absolute Gasteiger partial charge is 0.363 e. The molecule has 0 amide bonds. The van der Waals surface area contributed by atoms with Gasteiger partial charge in [0.25, 0.3) is 5.56 Å². The molecule has 0 aliphatic rings. The standard InChI is InChI=1S/C7H5N3O3/c11-6-4-2-1-3-8-5(4)9-7(12)10(6)13/h1-3,13H,(H,8,9,12). The molecule has 6 heteroatoms. The molecule has 13 heavy (non-hydrogen) atoms. The zero-order chi connectivity index (χ0) is 9.42. The Kier molecular flexibility index (Phi) is 1.42. The number of fused-ring (bicyclic) bond motifs is 1. The van der Waals surface area contributed by atoms with E-state index < -0.39 is 11.2 Å². The number of nitrogens with zero attached hydrogens (tertiary/aromatic N) is 2. The highest BCUT2D eigenvalue weighted by atomic mass is 16.5. The lowest BCUT2D eigenvalue weighted by atomic mass is 10.3. The van der Waals surface area contributed by atoms with Crippen molar-refractivity contribution >= 4 is 11.0 Å². The van der Waals surface area contributed by atoms with Gasteiger partial charge >= 0.3 is 5.69 Å². The summed E-state index contributed by atoms with van der Waals surface area (Å²) in [5.74, 6) is 0. The van der Waals surface area contributed by atoms with Gasteiger partial charge in [0.2, 0.25) is 0 Å². The molecule has 0 aliphatic carbocycles. The maximum absolute atomic E-state index is 11.2. The van der Waals surface area contributed by atoms with Gasteiger partial charge in [0.15, 0.2) is 0 Å². The SMILES string of the molecule is O=c1[nH]c2ncccc2c(=O)n1O. The fraction of sp³-hybridized carbons (Fsp3) is 0. The van der Waals surface area contributed by atoms with Crippen molar-refractivity contribution in [1.82, 2.24) is 14.7 Å². The summed E-state index contributed by atoms with van der Waals surface area (Å²) in [4.78, 5) is 28.1. The van der Waals surface area contributed by atoms with Crippen LogP contribution in [0.3, 0.4) is 0 Å². The number of pyridine rings is 1. The van der Waals surface area contributed by atoms with Crippen molar-refractivity contribution in [3.05, 3.63) is 39.2 Å². The first-order valence-corrected chi connectivity index (χ1v) is 3.49. The van der Waals surface area contributed by atoms with Crippen LogP contribution in [0.4, 0.5) is 0 Å². The fourth-order valence-electron chi connectivity index (χ4n) is 1.04. The van der Waals surface area contributed by atoms with Gasteiger partial charge in [0.05, 0.1) is 5.39 Å². The van der Waals surface area contributed by atoms with Gasteiger partial charge in [-0.2, -0.15) is 0 Å². The summed E-state index contributed by atoms with van der Waals surface area (Å²) in [5.41, 5.74) is -1.49. The minimum atomic E-state index is -0.892. The third kappa shape index (κ3) is 0.994. The lowest BCUT2D eigenvalue weighted by Crippen LogP contribution is -2.33. The van der Waals surface area contributed by atoms with Crippen molar-refractivity contribution < 1.29 is 5.21 Å². The van der Waals surface area contributed by atoms with Crippen LogP contribution in [0.5, 0.6) is 0 Å². The minimum absolute atomic E-state index is 0.0179. The predicted octanol–water partition coefficient (Wildman–Crippen LogP) is -0.678. The van der Waals surface area contributed by atoms with Crippen LogP contribution in [-0.4, -0.2) is 19.9 Å². The molecule has 0 saturated carbocycles. The molecule has 2 rings (SSSR count). The zero-order valence-electron chi connectivity index (χ0n) is 6.39. The monoisotopic (exact) mass is 179 g/mol. The van der Waals surface area contributed by atoms with E-state index in [1.165, 1.54) is 12.3 Å². The Balaban J connectivity index is 3.12. The van der Waals surface area contributed by atoms with E-state index in [4.69, 9.17) is 5.21 Å². The van der Waals surface area contributed by atoms with Crippen molar-refractivity contribution in [1.29, 1.82) is 0 Å². The van der Waals surface area contributed by atoms with Crippen LogP contribution in [0.2, 0.25) is 0 Å². The lowest BCUT2D eigenvalue weighted by Gasteiger charge is -1.96. The summed E-state index contributed by atoms with van der Waals surface area (Å²) >= 11 is 0. The maximum atomic E-state index is 11.2. The number of aromatic nitrogens is 3. The first kappa shape index (κ1) is 7.53. The summed E-state index contributed by atoms with van der Waals surface area (Å²) in [6.07, 6.45) is 1.44. The number of H-pyrrole nitrogens is 1. The molecule has 0 atom stereocenters. The Morgan fingerprint density at radius 2 is 2.23 bits per heavy atom. The molecule has 2 aromatic rings. The van der Waals surface area contributed by atoms with Crippen molar-refractivity contribution in [3.8, 4) is 0 Å². The van der Waals surface area contributed by atoms with Crippen molar-refractivity contribution in [2.75, 3.05) is 0 Å². The molecule has 0 spiro atoms. The van der Waals surface area contributed by atoms with Gasteiger partial charge in [-0.05, 0) is 12.1 Å². The normalized spacial score (nSPS) is 10.5. The average Bonchev–Trinajstić information content (AvgIpc) is 2.15. The molecule has 2 N–H and O–H groups in total. The number of hydrogen-bond acceptors (Lipinski definition) is 4. The highest BCUT2D eigenvalue weighted by molar-refractivity contribution is 5.72. The van der Waals surface area contributed by atoms with Gasteiger partial charge in [0, 0.05) is 6.20 Å². The molecular weight excluding hydrogens is 174 g/mol. The lowest BCUT2D eigenvalue weighted by molar-refractivity contribution is 0.162. The Morgan fingerprint density at radius 3 is 3.00 bits per heavy atom. The van der Waals surface area contributed by atoms with E-state index in [2.05, 4.69) is 9.97 Å². The molecule has 0 fully saturated rings. The Hall–Kier alpha value is -2.11. The maximum Gasteiger partial charge on any atom is 0.363 e. The molecule has 66 valence electrons. The van der Waals surface area contributed by atoms with Gasteiger partial charge in [-0.3, -0.25) is 9.78 Å². The number of nitrogens with one attached hydrogen (secondary N) is 1. The molecule has 6 nitrogen and oxygen atoms in total. The summed E-state index contributed by atoms with van der Waals surface area (Å²) in [7, 11) is 0. The van der Waals surface area contributed by atoms with Crippen LogP contribution < -0.4 is 11.2 Å². The number of hydrogen-bond donors (Lipinski definition) is 2. The molecule has 2 heterocycles.